The lowest BCUT2D eigenvalue weighted by Gasteiger charge is -2.23. The zero-order valence-corrected chi connectivity index (χ0v) is 21.7. The van der Waals surface area contributed by atoms with Crippen molar-refractivity contribution in [3.05, 3.63) is 99.3 Å². The molecule has 0 aliphatic heterocycles. The average molecular weight is 537 g/mol. The van der Waals surface area contributed by atoms with Crippen LogP contribution in [-0.2, 0) is 21.2 Å². The van der Waals surface area contributed by atoms with Crippen LogP contribution in [0.5, 0.6) is 0 Å². The molecule has 0 bridgehead atoms. The normalized spacial score (nSPS) is 11.3. The highest BCUT2D eigenvalue weighted by Crippen LogP contribution is 2.33. The summed E-state index contributed by atoms with van der Waals surface area (Å²) in [6, 6.07) is 15.0. The number of nitro groups is 1. The lowest BCUT2D eigenvalue weighted by molar-refractivity contribution is -0.384. The molecule has 11 heteroatoms. The van der Waals surface area contributed by atoms with Crippen LogP contribution in [0.2, 0.25) is 0 Å². The van der Waals surface area contributed by atoms with Gasteiger partial charge >= 0.3 is 5.97 Å². The van der Waals surface area contributed by atoms with Crippen molar-refractivity contribution in [3.8, 4) is 0 Å². The highest BCUT2D eigenvalue weighted by molar-refractivity contribution is 7.93. The zero-order valence-electron chi connectivity index (χ0n) is 20.8. The Morgan fingerprint density at radius 2 is 1.66 bits per heavy atom. The highest BCUT2D eigenvalue weighted by atomic mass is 32.2. The van der Waals surface area contributed by atoms with Crippen molar-refractivity contribution in [2.24, 2.45) is 0 Å². The van der Waals surface area contributed by atoms with E-state index >= 15 is 0 Å². The fourth-order valence-corrected chi connectivity index (χ4v) is 5.41. The molecule has 0 spiro atoms. The van der Waals surface area contributed by atoms with Gasteiger partial charge in [0.05, 0.1) is 22.1 Å². The molecule has 0 atom stereocenters. The second kappa shape index (κ2) is 10.5. The van der Waals surface area contributed by atoms with Gasteiger partial charge in [-0.3, -0.25) is 14.9 Å². The van der Waals surface area contributed by atoms with Crippen LogP contribution in [-0.4, -0.2) is 31.8 Å². The molecular formula is C27H24N2O8S. The van der Waals surface area contributed by atoms with Gasteiger partial charge in [-0.25, -0.2) is 13.2 Å². The Morgan fingerprint density at radius 1 is 1.00 bits per heavy atom. The third-order valence-electron chi connectivity index (χ3n) is 5.94. The van der Waals surface area contributed by atoms with Crippen molar-refractivity contribution < 1.29 is 32.1 Å². The second-order valence-corrected chi connectivity index (χ2v) is 10.1. The number of amides is 1. The molecule has 0 aliphatic carbocycles. The summed E-state index contributed by atoms with van der Waals surface area (Å²) in [6.07, 6.45) is 0.693. The number of non-ortho nitro benzene ring substituents is 1. The molecule has 0 aliphatic rings. The number of sulfonamides is 1. The molecule has 0 N–H and O–H groups in total. The minimum atomic E-state index is -4.45. The van der Waals surface area contributed by atoms with Crippen LogP contribution in [0.4, 0.5) is 11.4 Å². The number of hydrogen-bond donors (Lipinski definition) is 0. The van der Waals surface area contributed by atoms with Crippen molar-refractivity contribution in [1.29, 1.82) is 0 Å². The number of aryl methyl sites for hydroxylation is 2. The number of fused-ring (bicyclic) bond motifs is 1. The highest BCUT2D eigenvalue weighted by Gasteiger charge is 2.33. The van der Waals surface area contributed by atoms with Crippen LogP contribution >= 0.6 is 0 Å². The lowest BCUT2D eigenvalue weighted by Crippen LogP contribution is -2.37. The van der Waals surface area contributed by atoms with E-state index in [9.17, 15) is 28.1 Å². The lowest BCUT2D eigenvalue weighted by atomic mass is 10.1. The predicted octanol–water partition coefficient (Wildman–Crippen LogP) is 5.42. The standard InChI is InChI=1S/C27H24N2O8S/c1-4-18-6-13-22(14-7-18)38(34,35)28(26(30)19-8-10-20(11-9-19)29(32)33)21-12-15-24-23(16-21)25(17(3)37-24)27(31)36-5-2/h6-16H,4-5H2,1-3H3. The zero-order chi connectivity index (χ0) is 27.6. The van der Waals surface area contributed by atoms with E-state index in [-0.39, 0.29) is 45.2 Å². The number of ether oxygens (including phenoxy) is 1. The first-order valence-electron chi connectivity index (χ1n) is 11.7. The van der Waals surface area contributed by atoms with Crippen molar-refractivity contribution in [2.45, 2.75) is 32.1 Å². The van der Waals surface area contributed by atoms with Gasteiger partial charge in [0.2, 0.25) is 0 Å². The molecule has 0 saturated heterocycles. The second-order valence-electron chi connectivity index (χ2n) is 8.31. The maximum Gasteiger partial charge on any atom is 0.342 e. The van der Waals surface area contributed by atoms with Crippen LogP contribution in [0.25, 0.3) is 11.0 Å². The summed E-state index contributed by atoms with van der Waals surface area (Å²) in [4.78, 5) is 36.6. The topological polar surface area (TPSA) is 137 Å². The predicted molar refractivity (Wildman–Crippen MR) is 140 cm³/mol. The first-order chi connectivity index (χ1) is 18.1. The van der Waals surface area contributed by atoms with E-state index in [0.717, 1.165) is 17.7 Å². The molecule has 0 radical (unpaired) electrons. The monoisotopic (exact) mass is 536 g/mol. The summed E-state index contributed by atoms with van der Waals surface area (Å²) in [5, 5.41) is 11.3. The Morgan fingerprint density at radius 3 is 2.24 bits per heavy atom. The fraction of sp³-hybridized carbons (Fsp3) is 0.185. The number of benzene rings is 3. The van der Waals surface area contributed by atoms with Gasteiger partial charge in [-0.15, -0.1) is 0 Å². The van der Waals surface area contributed by atoms with Crippen LogP contribution < -0.4 is 4.31 Å². The smallest absolute Gasteiger partial charge is 0.342 e. The first kappa shape index (κ1) is 26.6. The third-order valence-corrected chi connectivity index (χ3v) is 7.67. The van der Waals surface area contributed by atoms with Gasteiger partial charge in [-0.1, -0.05) is 19.1 Å². The van der Waals surface area contributed by atoms with Gasteiger partial charge in [-0.05, 0) is 68.3 Å². The number of nitrogens with zero attached hydrogens (tertiary/aromatic N) is 2. The Hall–Kier alpha value is -4.51. The molecule has 1 heterocycles. The first-order valence-corrected chi connectivity index (χ1v) is 13.2. The summed E-state index contributed by atoms with van der Waals surface area (Å²) in [6.45, 7) is 5.29. The largest absolute Gasteiger partial charge is 0.462 e. The van der Waals surface area contributed by atoms with Crippen LogP contribution in [0.1, 0.15) is 45.9 Å². The quantitative estimate of drug-likeness (QED) is 0.165. The maximum atomic E-state index is 13.9. The van der Waals surface area contributed by atoms with Gasteiger partial charge in [-0.2, -0.15) is 4.31 Å². The van der Waals surface area contributed by atoms with Crippen molar-refractivity contribution in [3.63, 3.8) is 0 Å². The van der Waals surface area contributed by atoms with Gasteiger partial charge in [0.25, 0.3) is 21.6 Å². The number of hydrogen-bond acceptors (Lipinski definition) is 8. The molecule has 10 nitrogen and oxygen atoms in total. The number of carbonyl (C=O) groups is 2. The number of rotatable bonds is 8. The Kier molecular flexibility index (Phi) is 7.31. The van der Waals surface area contributed by atoms with Gasteiger partial charge in [0, 0.05) is 23.1 Å². The van der Waals surface area contributed by atoms with E-state index in [0.29, 0.717) is 16.3 Å². The SMILES string of the molecule is CCOC(=O)c1c(C)oc2ccc(N(C(=O)c3ccc([N+](=O)[O-])cc3)S(=O)(=O)c3ccc(CC)cc3)cc12. The molecule has 3 aromatic carbocycles. The number of anilines is 1. The summed E-state index contributed by atoms with van der Waals surface area (Å²) < 4.78 is 39.1. The minimum absolute atomic E-state index is 0.0493. The van der Waals surface area contributed by atoms with Crippen LogP contribution in [0.15, 0.2) is 76.0 Å². The Labute approximate surface area is 218 Å². The van der Waals surface area contributed by atoms with E-state index < -0.39 is 26.8 Å². The van der Waals surface area contributed by atoms with Gasteiger partial charge in [0.15, 0.2) is 0 Å². The fourth-order valence-electron chi connectivity index (χ4n) is 4.00. The van der Waals surface area contributed by atoms with Crippen molar-refractivity contribution in [2.75, 3.05) is 10.9 Å². The van der Waals surface area contributed by atoms with E-state index in [4.69, 9.17) is 9.15 Å². The molecular weight excluding hydrogens is 512 g/mol. The number of furan rings is 1. The molecule has 0 fully saturated rings. The number of esters is 1. The molecule has 4 aromatic rings. The average Bonchev–Trinajstić information content (AvgIpc) is 3.23. The van der Waals surface area contributed by atoms with E-state index in [1.807, 2.05) is 6.92 Å². The molecule has 1 amide bonds. The number of carbonyl (C=O) groups excluding carboxylic acids is 2. The number of nitro benzene ring substituents is 1. The van der Waals surface area contributed by atoms with Crippen molar-refractivity contribution >= 4 is 44.2 Å². The third kappa shape index (κ3) is 4.88. The van der Waals surface area contributed by atoms with Gasteiger partial charge < -0.3 is 9.15 Å². The molecule has 0 unspecified atom stereocenters. The van der Waals surface area contributed by atoms with E-state index in [1.165, 1.54) is 42.5 Å². The molecule has 0 saturated carbocycles. The summed E-state index contributed by atoms with van der Waals surface area (Å²) in [7, 11) is -4.45. The molecule has 38 heavy (non-hydrogen) atoms. The summed E-state index contributed by atoms with van der Waals surface area (Å²) >= 11 is 0. The van der Waals surface area contributed by atoms with E-state index in [1.54, 1.807) is 26.0 Å². The van der Waals surface area contributed by atoms with Crippen molar-refractivity contribution in [1.82, 2.24) is 0 Å². The van der Waals surface area contributed by atoms with Gasteiger partial charge in [0.1, 0.15) is 16.9 Å². The molecule has 4 rings (SSSR count). The Balaban J connectivity index is 1.91. The molecule has 1 aromatic heterocycles. The summed E-state index contributed by atoms with van der Waals surface area (Å²) in [5.74, 6) is -1.30. The maximum absolute atomic E-state index is 13.9. The van der Waals surface area contributed by atoms with Crippen LogP contribution in [0, 0.1) is 17.0 Å². The Bertz CT molecular complexity index is 1640. The van der Waals surface area contributed by atoms with E-state index in [2.05, 4.69) is 0 Å². The molecule has 196 valence electrons. The van der Waals surface area contributed by atoms with Crippen LogP contribution in [0.3, 0.4) is 0 Å². The minimum Gasteiger partial charge on any atom is -0.462 e. The summed E-state index contributed by atoms with van der Waals surface area (Å²) in [5.41, 5.74) is 0.954.